The molecule has 0 radical (unpaired) electrons. The smallest absolute Gasteiger partial charge is 0.251 e. The Hall–Kier alpha value is -1.51. The summed E-state index contributed by atoms with van der Waals surface area (Å²) < 4.78 is 5.65. The first-order valence-electron chi connectivity index (χ1n) is 6.60. The fourth-order valence-electron chi connectivity index (χ4n) is 1.66. The van der Waals surface area contributed by atoms with Gasteiger partial charge in [0, 0.05) is 12.1 Å². The minimum absolute atomic E-state index is 0.0114. The van der Waals surface area contributed by atoms with Gasteiger partial charge in [0.25, 0.3) is 5.91 Å². The molecule has 0 unspecified atom stereocenters. The lowest BCUT2D eigenvalue weighted by Gasteiger charge is -2.13. The number of hydrogen-bond donors (Lipinski definition) is 1. The van der Waals surface area contributed by atoms with E-state index in [-0.39, 0.29) is 12.0 Å². The summed E-state index contributed by atoms with van der Waals surface area (Å²) >= 11 is 0. The zero-order valence-corrected chi connectivity index (χ0v) is 11.7. The molecule has 0 bridgehead atoms. The number of ether oxygens (including phenoxy) is 1. The highest BCUT2D eigenvalue weighted by Crippen LogP contribution is 2.20. The molecule has 100 valence electrons. The second kappa shape index (κ2) is 7.04. The van der Waals surface area contributed by atoms with E-state index in [0.717, 1.165) is 30.7 Å². The van der Waals surface area contributed by atoms with Crippen LogP contribution in [0.1, 0.15) is 49.5 Å². The van der Waals surface area contributed by atoms with Crippen LogP contribution in [0.25, 0.3) is 0 Å². The van der Waals surface area contributed by atoms with Crippen LogP contribution in [-0.4, -0.2) is 18.6 Å². The molecule has 0 aromatic heterocycles. The molecular formula is C15H23NO2. The Kier molecular flexibility index (Phi) is 5.69. The van der Waals surface area contributed by atoms with Crippen LogP contribution in [0, 0.1) is 6.92 Å². The molecule has 0 saturated carbocycles. The number of unbranched alkanes of at least 4 members (excludes halogenated alkanes) is 1. The van der Waals surface area contributed by atoms with Crippen molar-refractivity contribution >= 4 is 5.91 Å². The molecule has 0 atom stereocenters. The Morgan fingerprint density at radius 1 is 1.39 bits per heavy atom. The first-order valence-corrected chi connectivity index (χ1v) is 6.60. The van der Waals surface area contributed by atoms with Crippen LogP contribution in [0.2, 0.25) is 0 Å². The van der Waals surface area contributed by atoms with E-state index in [1.807, 2.05) is 39.0 Å². The van der Waals surface area contributed by atoms with E-state index < -0.39 is 0 Å². The summed E-state index contributed by atoms with van der Waals surface area (Å²) in [5.41, 5.74) is 1.69. The molecule has 0 fully saturated rings. The third kappa shape index (κ3) is 4.40. The molecule has 0 spiro atoms. The highest BCUT2D eigenvalue weighted by atomic mass is 16.5. The van der Waals surface area contributed by atoms with Crippen molar-refractivity contribution < 1.29 is 9.53 Å². The Labute approximate surface area is 110 Å². The lowest BCUT2D eigenvalue weighted by atomic mass is 10.1. The van der Waals surface area contributed by atoms with Gasteiger partial charge >= 0.3 is 0 Å². The largest absolute Gasteiger partial charge is 0.491 e. The van der Waals surface area contributed by atoms with Gasteiger partial charge in [0.2, 0.25) is 0 Å². The zero-order valence-electron chi connectivity index (χ0n) is 11.7. The van der Waals surface area contributed by atoms with Gasteiger partial charge in [0.05, 0.1) is 6.10 Å². The second-order valence-electron chi connectivity index (χ2n) is 4.76. The molecule has 3 heteroatoms. The van der Waals surface area contributed by atoms with Gasteiger partial charge in [-0.1, -0.05) is 13.3 Å². The molecule has 0 aliphatic heterocycles. The normalized spacial score (nSPS) is 10.5. The van der Waals surface area contributed by atoms with Crippen molar-refractivity contribution in [3.63, 3.8) is 0 Å². The number of rotatable bonds is 6. The Balaban J connectivity index is 2.68. The SMILES string of the molecule is CCCCNC(=O)c1ccc(OC(C)C)c(C)c1. The van der Waals surface area contributed by atoms with E-state index in [0.29, 0.717) is 5.56 Å². The Bertz CT molecular complexity index is 399. The van der Waals surface area contributed by atoms with Crippen molar-refractivity contribution in [2.75, 3.05) is 6.54 Å². The van der Waals surface area contributed by atoms with Crippen molar-refractivity contribution in [3.05, 3.63) is 29.3 Å². The van der Waals surface area contributed by atoms with Crippen molar-refractivity contribution in [2.24, 2.45) is 0 Å². The summed E-state index contributed by atoms with van der Waals surface area (Å²) in [5, 5.41) is 2.91. The molecule has 18 heavy (non-hydrogen) atoms. The van der Waals surface area contributed by atoms with Crippen molar-refractivity contribution in [3.8, 4) is 5.75 Å². The minimum Gasteiger partial charge on any atom is -0.491 e. The lowest BCUT2D eigenvalue weighted by molar-refractivity contribution is 0.0953. The predicted molar refractivity (Wildman–Crippen MR) is 74.2 cm³/mol. The average molecular weight is 249 g/mol. The summed E-state index contributed by atoms with van der Waals surface area (Å²) in [7, 11) is 0. The number of hydrogen-bond acceptors (Lipinski definition) is 2. The van der Waals surface area contributed by atoms with Gasteiger partial charge in [-0.15, -0.1) is 0 Å². The van der Waals surface area contributed by atoms with Gasteiger partial charge in [-0.2, -0.15) is 0 Å². The maximum absolute atomic E-state index is 11.9. The van der Waals surface area contributed by atoms with Gasteiger partial charge in [0.1, 0.15) is 5.75 Å². The molecule has 0 aliphatic rings. The summed E-state index contributed by atoms with van der Waals surface area (Å²) in [4.78, 5) is 11.9. The number of nitrogens with one attached hydrogen (secondary N) is 1. The topological polar surface area (TPSA) is 38.3 Å². The van der Waals surface area contributed by atoms with Gasteiger partial charge in [0.15, 0.2) is 0 Å². The summed E-state index contributed by atoms with van der Waals surface area (Å²) in [6.45, 7) is 8.78. The predicted octanol–water partition coefficient (Wildman–Crippen LogP) is 3.31. The van der Waals surface area contributed by atoms with Crippen LogP contribution in [0.5, 0.6) is 5.75 Å². The first-order chi connectivity index (χ1) is 8.54. The van der Waals surface area contributed by atoms with Gasteiger partial charge in [-0.05, 0) is 51.0 Å². The Morgan fingerprint density at radius 2 is 2.11 bits per heavy atom. The molecule has 1 aromatic rings. The molecule has 0 heterocycles. The molecule has 1 amide bonds. The van der Waals surface area contributed by atoms with E-state index in [4.69, 9.17) is 4.74 Å². The van der Waals surface area contributed by atoms with Crippen LogP contribution in [0.3, 0.4) is 0 Å². The van der Waals surface area contributed by atoms with E-state index >= 15 is 0 Å². The third-order valence-electron chi connectivity index (χ3n) is 2.62. The van der Waals surface area contributed by atoms with Crippen molar-refractivity contribution in [2.45, 2.75) is 46.6 Å². The van der Waals surface area contributed by atoms with Gasteiger partial charge in [-0.25, -0.2) is 0 Å². The monoisotopic (exact) mass is 249 g/mol. The fraction of sp³-hybridized carbons (Fsp3) is 0.533. The number of amides is 1. The molecule has 1 aromatic carbocycles. The highest BCUT2D eigenvalue weighted by molar-refractivity contribution is 5.94. The van der Waals surface area contributed by atoms with Crippen molar-refractivity contribution in [1.29, 1.82) is 0 Å². The molecule has 0 aliphatic carbocycles. The van der Waals surface area contributed by atoms with Crippen LogP contribution in [0.15, 0.2) is 18.2 Å². The maximum atomic E-state index is 11.9. The van der Waals surface area contributed by atoms with Crippen LogP contribution < -0.4 is 10.1 Å². The maximum Gasteiger partial charge on any atom is 0.251 e. The summed E-state index contributed by atoms with van der Waals surface area (Å²) in [6, 6.07) is 5.55. The summed E-state index contributed by atoms with van der Waals surface area (Å²) in [5.74, 6) is 0.831. The first kappa shape index (κ1) is 14.6. The molecule has 3 nitrogen and oxygen atoms in total. The average Bonchev–Trinajstić information content (AvgIpc) is 2.31. The van der Waals surface area contributed by atoms with E-state index in [2.05, 4.69) is 12.2 Å². The van der Waals surface area contributed by atoms with Crippen molar-refractivity contribution in [1.82, 2.24) is 5.32 Å². The summed E-state index contributed by atoms with van der Waals surface area (Å²) in [6.07, 6.45) is 2.24. The quantitative estimate of drug-likeness (QED) is 0.785. The molecule has 1 rings (SSSR count). The number of aryl methyl sites for hydroxylation is 1. The second-order valence-corrected chi connectivity index (χ2v) is 4.76. The number of carbonyl (C=O) groups is 1. The van der Waals surface area contributed by atoms with E-state index in [9.17, 15) is 4.79 Å². The number of carbonyl (C=O) groups excluding carboxylic acids is 1. The molecule has 0 saturated heterocycles. The van der Waals surface area contributed by atoms with Crippen LogP contribution in [0.4, 0.5) is 0 Å². The molecule has 1 N–H and O–H groups in total. The zero-order chi connectivity index (χ0) is 13.5. The van der Waals surface area contributed by atoms with E-state index in [1.54, 1.807) is 0 Å². The van der Waals surface area contributed by atoms with Crippen LogP contribution in [-0.2, 0) is 0 Å². The number of benzene rings is 1. The highest BCUT2D eigenvalue weighted by Gasteiger charge is 2.08. The lowest BCUT2D eigenvalue weighted by Crippen LogP contribution is -2.24. The fourth-order valence-corrected chi connectivity index (χ4v) is 1.66. The third-order valence-corrected chi connectivity index (χ3v) is 2.62. The molecular weight excluding hydrogens is 226 g/mol. The van der Waals surface area contributed by atoms with Crippen LogP contribution >= 0.6 is 0 Å². The van der Waals surface area contributed by atoms with E-state index in [1.165, 1.54) is 0 Å². The van der Waals surface area contributed by atoms with Gasteiger partial charge < -0.3 is 10.1 Å². The van der Waals surface area contributed by atoms with Gasteiger partial charge in [-0.3, -0.25) is 4.79 Å². The minimum atomic E-state index is -0.0114. The Morgan fingerprint density at radius 3 is 2.67 bits per heavy atom. The standard InChI is InChI=1S/C15H23NO2/c1-5-6-9-16-15(17)13-7-8-14(12(4)10-13)18-11(2)3/h7-8,10-11H,5-6,9H2,1-4H3,(H,16,17).